The molecule has 5 heteroatoms. The Morgan fingerprint density at radius 2 is 2.10 bits per heavy atom. The number of nitrogens with zero attached hydrogens (tertiary/aromatic N) is 1. The molecule has 0 spiro atoms. The maximum absolute atomic E-state index is 13.6. The summed E-state index contributed by atoms with van der Waals surface area (Å²) in [5.41, 5.74) is 2.06. The van der Waals surface area contributed by atoms with Crippen LogP contribution in [0.3, 0.4) is 0 Å². The van der Waals surface area contributed by atoms with E-state index >= 15 is 0 Å². The molecule has 0 fully saturated rings. The van der Waals surface area contributed by atoms with Crippen LogP contribution in [0.1, 0.15) is 40.5 Å². The zero-order chi connectivity index (χ0) is 15.4. The van der Waals surface area contributed by atoms with Crippen molar-refractivity contribution in [2.45, 2.75) is 39.7 Å². The van der Waals surface area contributed by atoms with Gasteiger partial charge in [0.05, 0.1) is 10.7 Å². The molecule has 1 atom stereocenters. The number of nitrogens with one attached hydrogen (secondary N) is 1. The first kappa shape index (κ1) is 16.6. The van der Waals surface area contributed by atoms with Crippen LogP contribution in [0.4, 0.5) is 4.39 Å². The highest BCUT2D eigenvalue weighted by atomic mass is 79.9. The second-order valence-corrected chi connectivity index (χ2v) is 7.32. The Labute approximate surface area is 137 Å². The van der Waals surface area contributed by atoms with Crippen molar-refractivity contribution in [2.75, 3.05) is 6.54 Å². The van der Waals surface area contributed by atoms with Gasteiger partial charge in [0.25, 0.3) is 0 Å². The van der Waals surface area contributed by atoms with Gasteiger partial charge in [0.2, 0.25) is 0 Å². The second-order valence-electron chi connectivity index (χ2n) is 5.17. The molecule has 1 heterocycles. The first-order valence-electron chi connectivity index (χ1n) is 7.12. The van der Waals surface area contributed by atoms with Crippen molar-refractivity contribution in [1.29, 1.82) is 0 Å². The van der Waals surface area contributed by atoms with Gasteiger partial charge in [-0.3, -0.25) is 0 Å². The molecule has 2 rings (SSSR count). The highest BCUT2D eigenvalue weighted by molar-refractivity contribution is 9.10. The first-order valence-corrected chi connectivity index (χ1v) is 8.72. The summed E-state index contributed by atoms with van der Waals surface area (Å²) in [7, 11) is 0. The van der Waals surface area contributed by atoms with E-state index in [-0.39, 0.29) is 11.9 Å². The predicted octanol–water partition coefficient (Wildman–Crippen LogP) is 4.94. The summed E-state index contributed by atoms with van der Waals surface area (Å²) in [6.07, 6.45) is 1.83. The highest BCUT2D eigenvalue weighted by Gasteiger charge is 2.18. The zero-order valence-electron chi connectivity index (χ0n) is 12.5. The van der Waals surface area contributed by atoms with Gasteiger partial charge in [-0.25, -0.2) is 9.37 Å². The minimum Gasteiger partial charge on any atom is -0.309 e. The molecule has 0 saturated heterocycles. The molecule has 21 heavy (non-hydrogen) atoms. The molecule has 0 bridgehead atoms. The van der Waals surface area contributed by atoms with Crippen LogP contribution in [0.25, 0.3) is 0 Å². The third kappa shape index (κ3) is 4.59. The Kier molecular flexibility index (Phi) is 5.90. The van der Waals surface area contributed by atoms with Gasteiger partial charge in [-0.1, -0.05) is 22.9 Å². The van der Waals surface area contributed by atoms with Crippen molar-refractivity contribution in [2.24, 2.45) is 0 Å². The van der Waals surface area contributed by atoms with E-state index < -0.39 is 0 Å². The molecule has 2 aromatic rings. The minimum absolute atomic E-state index is 0.185. The molecule has 0 aliphatic carbocycles. The SMILES string of the molecule is CCCNC(Cc1cc(F)cc(Br)c1)c1sc(C)nc1C. The standard InChI is InChI=1S/C16H20BrFN2S/c1-4-5-19-15(16-10(2)20-11(3)21-16)8-12-6-13(17)9-14(18)7-12/h6-7,9,15,19H,4-5,8H2,1-3H3. The van der Waals surface area contributed by atoms with Gasteiger partial charge in [0.15, 0.2) is 0 Å². The predicted molar refractivity (Wildman–Crippen MR) is 90.4 cm³/mol. The average molecular weight is 371 g/mol. The summed E-state index contributed by atoms with van der Waals surface area (Å²) >= 11 is 5.08. The van der Waals surface area contributed by atoms with E-state index in [1.165, 1.54) is 10.9 Å². The summed E-state index contributed by atoms with van der Waals surface area (Å²) in [4.78, 5) is 5.76. The van der Waals surface area contributed by atoms with Gasteiger partial charge in [0.1, 0.15) is 5.82 Å². The van der Waals surface area contributed by atoms with E-state index in [9.17, 15) is 4.39 Å². The van der Waals surface area contributed by atoms with E-state index in [2.05, 4.69) is 33.2 Å². The summed E-state index contributed by atoms with van der Waals surface area (Å²) in [5, 5.41) is 4.64. The minimum atomic E-state index is -0.203. The fraction of sp³-hybridized carbons (Fsp3) is 0.438. The van der Waals surface area contributed by atoms with Crippen LogP contribution in [-0.2, 0) is 6.42 Å². The lowest BCUT2D eigenvalue weighted by Crippen LogP contribution is -2.24. The average Bonchev–Trinajstić information content (AvgIpc) is 2.72. The summed E-state index contributed by atoms with van der Waals surface area (Å²) < 4.78 is 14.3. The van der Waals surface area contributed by atoms with Crippen molar-refractivity contribution in [3.8, 4) is 0 Å². The smallest absolute Gasteiger partial charge is 0.124 e. The maximum atomic E-state index is 13.6. The van der Waals surface area contributed by atoms with E-state index in [0.717, 1.165) is 40.1 Å². The van der Waals surface area contributed by atoms with Gasteiger partial charge in [-0.15, -0.1) is 11.3 Å². The Morgan fingerprint density at radius 1 is 1.33 bits per heavy atom. The van der Waals surface area contributed by atoms with Crippen molar-refractivity contribution in [3.05, 3.63) is 49.6 Å². The third-order valence-electron chi connectivity index (χ3n) is 3.26. The molecular weight excluding hydrogens is 351 g/mol. The van der Waals surface area contributed by atoms with Crippen molar-refractivity contribution in [3.63, 3.8) is 0 Å². The number of benzene rings is 1. The molecule has 0 amide bonds. The molecule has 1 N–H and O–H groups in total. The molecule has 1 aromatic heterocycles. The number of aryl methyl sites for hydroxylation is 2. The van der Waals surface area contributed by atoms with Gasteiger partial charge in [0, 0.05) is 15.4 Å². The maximum Gasteiger partial charge on any atom is 0.124 e. The van der Waals surface area contributed by atoms with Gasteiger partial charge >= 0.3 is 0 Å². The lowest BCUT2D eigenvalue weighted by Gasteiger charge is -2.18. The number of rotatable bonds is 6. The van der Waals surface area contributed by atoms with Gasteiger partial charge in [-0.05, 0) is 57.0 Å². The molecular formula is C16H20BrFN2S. The van der Waals surface area contributed by atoms with Crippen LogP contribution in [-0.4, -0.2) is 11.5 Å². The van der Waals surface area contributed by atoms with Crippen LogP contribution < -0.4 is 5.32 Å². The number of hydrogen-bond acceptors (Lipinski definition) is 3. The monoisotopic (exact) mass is 370 g/mol. The molecule has 1 aromatic carbocycles. The van der Waals surface area contributed by atoms with Crippen molar-refractivity contribution >= 4 is 27.3 Å². The van der Waals surface area contributed by atoms with Crippen LogP contribution in [0.15, 0.2) is 22.7 Å². The molecule has 0 aliphatic heterocycles. The van der Waals surface area contributed by atoms with E-state index in [1.54, 1.807) is 17.4 Å². The van der Waals surface area contributed by atoms with E-state index in [1.807, 2.05) is 19.9 Å². The largest absolute Gasteiger partial charge is 0.309 e. The van der Waals surface area contributed by atoms with Gasteiger partial charge in [-0.2, -0.15) is 0 Å². The van der Waals surface area contributed by atoms with Gasteiger partial charge < -0.3 is 5.32 Å². The molecule has 114 valence electrons. The first-order chi connectivity index (χ1) is 9.99. The number of aromatic nitrogens is 1. The van der Waals surface area contributed by atoms with E-state index in [0.29, 0.717) is 0 Å². The molecule has 0 saturated carbocycles. The topological polar surface area (TPSA) is 24.9 Å². The molecule has 1 unspecified atom stereocenters. The number of hydrogen-bond donors (Lipinski definition) is 1. The summed E-state index contributed by atoms with van der Waals surface area (Å²) in [5.74, 6) is -0.203. The Balaban J connectivity index is 2.25. The van der Waals surface area contributed by atoms with E-state index in [4.69, 9.17) is 0 Å². The summed E-state index contributed by atoms with van der Waals surface area (Å²) in [6, 6.07) is 5.26. The second kappa shape index (κ2) is 7.47. The lowest BCUT2D eigenvalue weighted by atomic mass is 10.0. The van der Waals surface area contributed by atoms with Crippen molar-refractivity contribution < 1.29 is 4.39 Å². The summed E-state index contributed by atoms with van der Waals surface area (Å²) in [6.45, 7) is 7.16. The number of thiazole rings is 1. The zero-order valence-corrected chi connectivity index (χ0v) is 14.9. The third-order valence-corrected chi connectivity index (χ3v) is 4.90. The Hall–Kier alpha value is -0.780. The Morgan fingerprint density at radius 3 is 2.67 bits per heavy atom. The molecule has 2 nitrogen and oxygen atoms in total. The fourth-order valence-electron chi connectivity index (χ4n) is 2.41. The normalized spacial score (nSPS) is 12.6. The van der Waals surface area contributed by atoms with Crippen molar-refractivity contribution in [1.82, 2.24) is 10.3 Å². The highest BCUT2D eigenvalue weighted by Crippen LogP contribution is 2.28. The quantitative estimate of drug-likeness (QED) is 0.778. The lowest BCUT2D eigenvalue weighted by molar-refractivity contribution is 0.531. The van der Waals surface area contributed by atoms with Crippen LogP contribution in [0.2, 0.25) is 0 Å². The van der Waals surface area contributed by atoms with Crippen LogP contribution in [0.5, 0.6) is 0 Å². The van der Waals surface area contributed by atoms with Crippen LogP contribution in [0, 0.1) is 19.7 Å². The van der Waals surface area contributed by atoms with Crippen LogP contribution >= 0.6 is 27.3 Å². The number of halogens is 2. The fourth-order valence-corrected chi connectivity index (χ4v) is 3.93. The Bertz CT molecular complexity index is 592. The molecule has 0 aliphatic rings. The molecule has 0 radical (unpaired) electrons.